The molecule has 0 radical (unpaired) electrons. The topological polar surface area (TPSA) is 150 Å². The minimum absolute atomic E-state index is 0.0280. The Morgan fingerprint density at radius 3 is 2.10 bits per heavy atom. The van der Waals surface area contributed by atoms with Crippen molar-refractivity contribution in [3.63, 3.8) is 0 Å². The summed E-state index contributed by atoms with van der Waals surface area (Å²) >= 11 is 0. The Hall–Kier alpha value is -4.98. The molecule has 262 valence electrons. The summed E-state index contributed by atoms with van der Waals surface area (Å²) < 4.78 is 20.2. The van der Waals surface area contributed by atoms with Gasteiger partial charge in [-0.25, -0.2) is 4.79 Å². The number of hydroxylamine groups is 3. The molecular weight excluding hydrogens is 634 g/mol. The predicted octanol–water partition coefficient (Wildman–Crippen LogP) is 5.11. The molecule has 0 aliphatic carbocycles. The number of carboxylic acid groups (broad SMARTS) is 1. The van der Waals surface area contributed by atoms with Crippen molar-refractivity contribution in [1.82, 2.24) is 5.32 Å². The van der Waals surface area contributed by atoms with Gasteiger partial charge in [0, 0.05) is 51.6 Å². The standard InChI is InChI=1S/C36H43N3O10/c1-23-17-27(18-24(2)33(23)48-22-46-6)34(41)37-28-9-7-8-16-39(20-28,36(43)44)49-35(42)26-12-10-25(11-13-26)32(40)30-19-29(38(3)4)14-15-31(30)47-21-45-5/h10-15,17-19,28H,7-9,16,20-22H2,1-6H3,(H-,37,41,43,44)/p+1. The fourth-order valence-electron chi connectivity index (χ4n) is 5.75. The maximum atomic E-state index is 13.5. The molecule has 3 aromatic carbocycles. The lowest BCUT2D eigenvalue weighted by Gasteiger charge is -2.30. The van der Waals surface area contributed by atoms with Crippen molar-refractivity contribution < 1.29 is 52.7 Å². The SMILES string of the molecule is COCOc1ccc(N(C)C)cc1C(=O)c1ccc(C(=O)O[N+]2(C(=O)O)CCCCC(NC(=O)c3cc(C)c(OCOC)c(C)c3)C2)cc1. The second-order valence-corrected chi connectivity index (χ2v) is 12.1. The number of methoxy groups -OCH3 is 2. The Balaban J connectivity index is 1.50. The number of carbonyl (C=O) groups is 4. The number of amides is 2. The van der Waals surface area contributed by atoms with Crippen molar-refractivity contribution in [2.24, 2.45) is 0 Å². The molecule has 13 nitrogen and oxygen atoms in total. The number of aryl methyl sites for hydroxylation is 2. The van der Waals surface area contributed by atoms with Crippen molar-refractivity contribution in [3.8, 4) is 11.5 Å². The number of benzene rings is 3. The number of hydrogen-bond donors (Lipinski definition) is 2. The number of carbonyl (C=O) groups excluding carboxylic acids is 3. The Bertz CT molecular complexity index is 1650. The first-order valence-corrected chi connectivity index (χ1v) is 15.8. The number of hydrogen-bond acceptors (Lipinski definition) is 10. The molecule has 2 unspecified atom stereocenters. The van der Waals surface area contributed by atoms with E-state index < -0.39 is 22.8 Å². The monoisotopic (exact) mass is 678 g/mol. The average Bonchev–Trinajstić information content (AvgIpc) is 3.29. The third-order valence-electron chi connectivity index (χ3n) is 8.26. The van der Waals surface area contributed by atoms with Crippen LogP contribution in [0.2, 0.25) is 0 Å². The largest absolute Gasteiger partial charge is 0.556 e. The quantitative estimate of drug-likeness (QED) is 0.149. The Kier molecular flexibility index (Phi) is 12.3. The van der Waals surface area contributed by atoms with Crippen molar-refractivity contribution in [2.45, 2.75) is 39.2 Å². The van der Waals surface area contributed by atoms with E-state index in [-0.39, 0.29) is 49.5 Å². The van der Waals surface area contributed by atoms with Gasteiger partial charge in [-0.2, -0.15) is 4.79 Å². The van der Waals surface area contributed by atoms with Crippen molar-refractivity contribution in [3.05, 3.63) is 88.0 Å². The van der Waals surface area contributed by atoms with Crippen LogP contribution in [0.4, 0.5) is 10.5 Å². The van der Waals surface area contributed by atoms with E-state index in [0.717, 1.165) is 16.8 Å². The lowest BCUT2D eigenvalue weighted by Crippen LogP contribution is -2.58. The molecule has 13 heteroatoms. The van der Waals surface area contributed by atoms with Gasteiger partial charge in [0.2, 0.25) is 0 Å². The smallest absolute Gasteiger partial charge is 0.467 e. The van der Waals surface area contributed by atoms with Gasteiger partial charge in [0.05, 0.1) is 17.2 Å². The first-order chi connectivity index (χ1) is 23.4. The molecule has 3 aromatic rings. The van der Waals surface area contributed by atoms with Crippen LogP contribution in [0.3, 0.4) is 0 Å². The summed E-state index contributed by atoms with van der Waals surface area (Å²) in [6.45, 7) is 3.54. The van der Waals surface area contributed by atoms with Gasteiger partial charge >= 0.3 is 12.1 Å². The minimum atomic E-state index is -1.35. The molecule has 2 N–H and O–H groups in total. The highest BCUT2D eigenvalue weighted by molar-refractivity contribution is 6.11. The van der Waals surface area contributed by atoms with Gasteiger partial charge in [-0.3, -0.25) is 14.4 Å². The van der Waals surface area contributed by atoms with Gasteiger partial charge in [-0.1, -0.05) is 12.1 Å². The highest BCUT2D eigenvalue weighted by Crippen LogP contribution is 2.29. The van der Waals surface area contributed by atoms with E-state index in [4.69, 9.17) is 23.8 Å². The van der Waals surface area contributed by atoms with Gasteiger partial charge in [-0.05, 0) is 84.9 Å². The zero-order valence-corrected chi connectivity index (χ0v) is 28.7. The molecule has 0 aromatic heterocycles. The van der Waals surface area contributed by atoms with Crippen molar-refractivity contribution in [2.75, 3.05) is 59.9 Å². The van der Waals surface area contributed by atoms with E-state index >= 15 is 0 Å². The van der Waals surface area contributed by atoms with Crippen LogP contribution in [0, 0.1) is 13.8 Å². The molecule has 2 atom stereocenters. The number of ketones is 1. The summed E-state index contributed by atoms with van der Waals surface area (Å²) in [7, 11) is 6.71. The number of rotatable bonds is 12. The number of quaternary nitrogens is 1. The van der Waals surface area contributed by atoms with Crippen LogP contribution >= 0.6 is 0 Å². The van der Waals surface area contributed by atoms with Crippen LogP contribution in [0.15, 0.2) is 54.6 Å². The zero-order valence-electron chi connectivity index (χ0n) is 28.7. The summed E-state index contributed by atoms with van der Waals surface area (Å²) in [5.41, 5.74) is 3.36. The van der Waals surface area contributed by atoms with Crippen LogP contribution in [-0.4, -0.2) is 94.5 Å². The summed E-state index contributed by atoms with van der Waals surface area (Å²) in [5.74, 6) is -0.617. The number of nitrogens with one attached hydrogen (secondary N) is 1. The molecule has 0 saturated carbocycles. The van der Waals surface area contributed by atoms with E-state index in [1.165, 1.54) is 38.5 Å². The minimum Gasteiger partial charge on any atom is -0.467 e. The summed E-state index contributed by atoms with van der Waals surface area (Å²) in [6, 6.07) is 13.8. The molecule has 1 fully saturated rings. The Morgan fingerprint density at radius 2 is 1.49 bits per heavy atom. The highest BCUT2D eigenvalue weighted by Gasteiger charge is 2.46. The van der Waals surface area contributed by atoms with Crippen molar-refractivity contribution in [1.29, 1.82) is 0 Å². The number of likely N-dealkylation sites (tertiary alicyclic amines) is 1. The van der Waals surface area contributed by atoms with E-state index in [9.17, 15) is 24.3 Å². The average molecular weight is 679 g/mol. The van der Waals surface area contributed by atoms with Crippen LogP contribution in [0.1, 0.15) is 67.0 Å². The maximum Gasteiger partial charge on any atom is 0.556 e. The van der Waals surface area contributed by atoms with Gasteiger partial charge in [-0.15, -0.1) is 0 Å². The third kappa shape index (κ3) is 8.93. The molecule has 1 aliphatic rings. The van der Waals surface area contributed by atoms with E-state index in [1.807, 2.05) is 38.9 Å². The van der Waals surface area contributed by atoms with Gasteiger partial charge in [0.25, 0.3) is 5.91 Å². The molecule has 0 spiro atoms. The fourth-order valence-corrected chi connectivity index (χ4v) is 5.75. The van der Waals surface area contributed by atoms with Crippen LogP contribution in [-0.2, 0) is 14.3 Å². The first-order valence-electron chi connectivity index (χ1n) is 15.8. The van der Waals surface area contributed by atoms with Crippen molar-refractivity contribution >= 4 is 29.4 Å². The molecule has 49 heavy (non-hydrogen) atoms. The number of nitrogens with zero attached hydrogens (tertiary/aromatic N) is 2. The van der Waals surface area contributed by atoms with E-state index in [2.05, 4.69) is 5.32 Å². The molecule has 1 aliphatic heterocycles. The Morgan fingerprint density at radius 1 is 0.857 bits per heavy atom. The lowest BCUT2D eigenvalue weighted by atomic mass is 10.0. The lowest BCUT2D eigenvalue weighted by molar-refractivity contribution is -1.03. The van der Waals surface area contributed by atoms with E-state index in [1.54, 1.807) is 24.3 Å². The number of anilines is 1. The number of ether oxygens (including phenoxy) is 4. The molecule has 1 heterocycles. The highest BCUT2D eigenvalue weighted by atomic mass is 16.8. The Labute approximate surface area is 285 Å². The fraction of sp³-hybridized carbons (Fsp3) is 0.389. The predicted molar refractivity (Wildman–Crippen MR) is 180 cm³/mol. The molecule has 0 bridgehead atoms. The first kappa shape index (κ1) is 36.8. The summed E-state index contributed by atoms with van der Waals surface area (Å²) in [4.78, 5) is 60.4. The van der Waals surface area contributed by atoms with Crippen LogP contribution in [0.25, 0.3) is 0 Å². The second-order valence-electron chi connectivity index (χ2n) is 12.1. The summed E-state index contributed by atoms with van der Waals surface area (Å²) in [5, 5.41) is 13.3. The maximum absolute atomic E-state index is 13.5. The third-order valence-corrected chi connectivity index (χ3v) is 8.26. The van der Waals surface area contributed by atoms with Crippen LogP contribution < -0.4 is 19.7 Å². The van der Waals surface area contributed by atoms with Gasteiger partial charge in [0.1, 0.15) is 18.0 Å². The van der Waals surface area contributed by atoms with Crippen LogP contribution in [0.5, 0.6) is 11.5 Å². The zero-order chi connectivity index (χ0) is 35.7. The van der Waals surface area contributed by atoms with E-state index in [0.29, 0.717) is 41.9 Å². The molecular formula is C36H44N3O10+. The van der Waals surface area contributed by atoms with Gasteiger partial charge < -0.3 is 34.3 Å². The van der Waals surface area contributed by atoms with Gasteiger partial charge in [0.15, 0.2) is 25.9 Å². The normalized spacial score (nSPS) is 17.4. The second kappa shape index (κ2) is 16.4. The molecule has 1 saturated heterocycles. The summed E-state index contributed by atoms with van der Waals surface area (Å²) in [6.07, 6.45) is 0.241. The molecule has 2 amide bonds. The molecule has 4 rings (SSSR count).